The second-order valence-electron chi connectivity index (χ2n) is 4.22. The minimum Gasteiger partial charge on any atom is -0.340 e. The molecule has 0 fully saturated rings. The Morgan fingerprint density at radius 2 is 2.00 bits per heavy atom. The first-order valence-electron chi connectivity index (χ1n) is 5.97. The van der Waals surface area contributed by atoms with Crippen LogP contribution in [-0.4, -0.2) is 9.97 Å². The summed E-state index contributed by atoms with van der Waals surface area (Å²) in [5.41, 5.74) is 3.59. The number of anilines is 2. The number of hydrogen-bond donors (Lipinski definition) is 1. The van der Waals surface area contributed by atoms with Gasteiger partial charge in [0.15, 0.2) is 0 Å². The number of benzene rings is 1. The third kappa shape index (κ3) is 2.88. The summed E-state index contributed by atoms with van der Waals surface area (Å²) in [4.78, 5) is 8.77. The molecule has 3 nitrogen and oxygen atoms in total. The maximum atomic E-state index is 4.47. The van der Waals surface area contributed by atoms with E-state index in [0.29, 0.717) is 0 Å². The summed E-state index contributed by atoms with van der Waals surface area (Å²) in [7, 11) is 0. The lowest BCUT2D eigenvalue weighted by molar-refractivity contribution is 0.931. The van der Waals surface area contributed by atoms with Gasteiger partial charge in [-0.3, -0.25) is 0 Å². The number of aromatic nitrogens is 2. The lowest BCUT2D eigenvalue weighted by Crippen LogP contribution is -2.01. The van der Waals surface area contributed by atoms with Crippen molar-refractivity contribution in [3.8, 4) is 0 Å². The van der Waals surface area contributed by atoms with Crippen molar-refractivity contribution in [2.45, 2.75) is 27.2 Å². The third-order valence-corrected chi connectivity index (χ3v) is 3.33. The molecule has 0 amide bonds. The Labute approximate surface area is 116 Å². The second kappa shape index (κ2) is 5.48. The fourth-order valence-electron chi connectivity index (χ4n) is 1.71. The number of aryl methyl sites for hydroxylation is 2. The molecule has 0 bridgehead atoms. The van der Waals surface area contributed by atoms with E-state index < -0.39 is 0 Å². The van der Waals surface area contributed by atoms with Crippen LogP contribution in [0.25, 0.3) is 0 Å². The van der Waals surface area contributed by atoms with Gasteiger partial charge in [0.05, 0.1) is 0 Å². The van der Waals surface area contributed by atoms with Crippen molar-refractivity contribution in [1.29, 1.82) is 0 Å². The summed E-state index contributed by atoms with van der Waals surface area (Å²) in [6.45, 7) is 6.26. The van der Waals surface area contributed by atoms with Gasteiger partial charge in [-0.2, -0.15) is 0 Å². The topological polar surface area (TPSA) is 37.8 Å². The molecule has 1 N–H and O–H groups in total. The van der Waals surface area contributed by atoms with Crippen molar-refractivity contribution >= 4 is 27.4 Å². The van der Waals surface area contributed by atoms with Crippen molar-refractivity contribution in [3.63, 3.8) is 0 Å². The number of halogens is 1. The van der Waals surface area contributed by atoms with E-state index >= 15 is 0 Å². The summed E-state index contributed by atoms with van der Waals surface area (Å²) in [6, 6.07) is 8.10. The molecule has 0 saturated carbocycles. The van der Waals surface area contributed by atoms with Gasteiger partial charge in [-0.15, -0.1) is 0 Å². The predicted molar refractivity (Wildman–Crippen MR) is 78.3 cm³/mol. The highest BCUT2D eigenvalue weighted by molar-refractivity contribution is 9.10. The van der Waals surface area contributed by atoms with Crippen molar-refractivity contribution in [1.82, 2.24) is 9.97 Å². The number of rotatable bonds is 3. The molecule has 0 unspecified atom stereocenters. The van der Waals surface area contributed by atoms with Crippen molar-refractivity contribution < 1.29 is 0 Å². The fraction of sp³-hybridized carbons (Fsp3) is 0.286. The lowest BCUT2D eigenvalue weighted by atomic mass is 10.1. The Kier molecular flexibility index (Phi) is 3.97. The van der Waals surface area contributed by atoms with E-state index in [2.05, 4.69) is 57.2 Å². The van der Waals surface area contributed by atoms with Crippen molar-refractivity contribution in [2.24, 2.45) is 0 Å². The molecule has 18 heavy (non-hydrogen) atoms. The zero-order chi connectivity index (χ0) is 13.1. The smallest absolute Gasteiger partial charge is 0.135 e. The first kappa shape index (κ1) is 13.0. The van der Waals surface area contributed by atoms with Crippen LogP contribution in [0.2, 0.25) is 0 Å². The Hall–Kier alpha value is -1.42. The van der Waals surface area contributed by atoms with E-state index in [4.69, 9.17) is 0 Å². The molecule has 1 aromatic heterocycles. The Bertz CT molecular complexity index is 567. The van der Waals surface area contributed by atoms with Gasteiger partial charge in [0.1, 0.15) is 16.2 Å². The standard InChI is InChI=1S/C14H16BrN3/c1-4-13-17-12(15)8-14(18-13)16-11-7-5-6-9(2)10(11)3/h5-8H,4H2,1-3H3,(H,16,17,18). The third-order valence-electron chi connectivity index (χ3n) is 2.92. The van der Waals surface area contributed by atoms with Gasteiger partial charge < -0.3 is 5.32 Å². The van der Waals surface area contributed by atoms with Crippen LogP contribution in [0.4, 0.5) is 11.5 Å². The van der Waals surface area contributed by atoms with Crippen LogP contribution in [0.3, 0.4) is 0 Å². The highest BCUT2D eigenvalue weighted by Gasteiger charge is 2.05. The van der Waals surface area contributed by atoms with Gasteiger partial charge in [0.25, 0.3) is 0 Å². The molecule has 1 aromatic carbocycles. The van der Waals surface area contributed by atoms with Crippen LogP contribution in [0.1, 0.15) is 23.9 Å². The van der Waals surface area contributed by atoms with Crippen LogP contribution < -0.4 is 5.32 Å². The highest BCUT2D eigenvalue weighted by Crippen LogP contribution is 2.23. The summed E-state index contributed by atoms with van der Waals surface area (Å²) >= 11 is 3.41. The van der Waals surface area contributed by atoms with Crippen LogP contribution in [0.5, 0.6) is 0 Å². The molecular weight excluding hydrogens is 290 g/mol. The maximum absolute atomic E-state index is 4.47. The van der Waals surface area contributed by atoms with Gasteiger partial charge in [-0.05, 0) is 47.0 Å². The summed E-state index contributed by atoms with van der Waals surface area (Å²) in [5.74, 6) is 1.65. The monoisotopic (exact) mass is 305 g/mol. The molecule has 94 valence electrons. The average Bonchev–Trinajstić information content (AvgIpc) is 2.34. The molecule has 0 aliphatic rings. The zero-order valence-electron chi connectivity index (χ0n) is 10.8. The largest absolute Gasteiger partial charge is 0.340 e. The summed E-state index contributed by atoms with van der Waals surface area (Å²) in [6.07, 6.45) is 0.820. The number of nitrogens with one attached hydrogen (secondary N) is 1. The molecule has 0 aliphatic heterocycles. The van der Waals surface area contributed by atoms with Crippen molar-refractivity contribution in [2.75, 3.05) is 5.32 Å². The Morgan fingerprint density at radius 3 is 2.72 bits per heavy atom. The van der Waals surface area contributed by atoms with Gasteiger partial charge >= 0.3 is 0 Å². The first-order chi connectivity index (χ1) is 8.60. The quantitative estimate of drug-likeness (QED) is 0.865. The van der Waals surface area contributed by atoms with E-state index in [-0.39, 0.29) is 0 Å². The maximum Gasteiger partial charge on any atom is 0.135 e. The van der Waals surface area contributed by atoms with Crippen LogP contribution in [0.15, 0.2) is 28.9 Å². The zero-order valence-corrected chi connectivity index (χ0v) is 12.4. The molecule has 0 radical (unpaired) electrons. The molecule has 2 rings (SSSR count). The molecule has 4 heteroatoms. The minimum absolute atomic E-state index is 0.808. The molecule has 0 aliphatic carbocycles. The SMILES string of the molecule is CCc1nc(Br)cc(Nc2cccc(C)c2C)n1. The molecule has 2 aromatic rings. The minimum atomic E-state index is 0.808. The first-order valence-corrected chi connectivity index (χ1v) is 6.76. The Balaban J connectivity index is 2.34. The molecule has 0 atom stereocenters. The van der Waals surface area contributed by atoms with Crippen LogP contribution >= 0.6 is 15.9 Å². The van der Waals surface area contributed by atoms with Crippen LogP contribution in [-0.2, 0) is 6.42 Å². The van der Waals surface area contributed by atoms with Gasteiger partial charge in [-0.1, -0.05) is 19.1 Å². The molecular formula is C14H16BrN3. The normalized spacial score (nSPS) is 10.4. The fourth-order valence-corrected chi connectivity index (χ4v) is 2.13. The summed E-state index contributed by atoms with van der Waals surface area (Å²) < 4.78 is 0.808. The van der Waals surface area contributed by atoms with Gasteiger partial charge in [-0.25, -0.2) is 9.97 Å². The van der Waals surface area contributed by atoms with E-state index in [1.807, 2.05) is 19.1 Å². The molecule has 0 spiro atoms. The number of nitrogens with zero attached hydrogens (tertiary/aromatic N) is 2. The highest BCUT2D eigenvalue weighted by atomic mass is 79.9. The predicted octanol–water partition coefficient (Wildman–Crippen LogP) is 4.16. The van der Waals surface area contributed by atoms with Gasteiger partial charge in [0, 0.05) is 18.2 Å². The number of hydrogen-bond acceptors (Lipinski definition) is 3. The molecule has 1 heterocycles. The van der Waals surface area contributed by atoms with E-state index in [0.717, 1.165) is 28.4 Å². The van der Waals surface area contributed by atoms with Crippen molar-refractivity contribution in [3.05, 3.63) is 45.8 Å². The average molecular weight is 306 g/mol. The lowest BCUT2D eigenvalue weighted by Gasteiger charge is -2.11. The van der Waals surface area contributed by atoms with E-state index in [1.165, 1.54) is 11.1 Å². The van der Waals surface area contributed by atoms with E-state index in [9.17, 15) is 0 Å². The summed E-state index contributed by atoms with van der Waals surface area (Å²) in [5, 5.41) is 3.35. The van der Waals surface area contributed by atoms with Gasteiger partial charge in [0.2, 0.25) is 0 Å². The van der Waals surface area contributed by atoms with E-state index in [1.54, 1.807) is 0 Å². The Morgan fingerprint density at radius 1 is 1.22 bits per heavy atom. The molecule has 0 saturated heterocycles. The second-order valence-corrected chi connectivity index (χ2v) is 5.03. The van der Waals surface area contributed by atoms with Crippen LogP contribution in [0, 0.1) is 13.8 Å².